The molecule has 0 atom stereocenters. The van der Waals surface area contributed by atoms with Crippen LogP contribution in [0.15, 0.2) is 71.7 Å². The molecule has 1 aromatic heterocycles. The van der Waals surface area contributed by atoms with Gasteiger partial charge < -0.3 is 20.1 Å². The summed E-state index contributed by atoms with van der Waals surface area (Å²) in [6.07, 6.45) is 1.30. The Morgan fingerprint density at radius 3 is 2.21 bits per heavy atom. The second-order valence-corrected chi connectivity index (χ2v) is 8.00. The van der Waals surface area contributed by atoms with Gasteiger partial charge in [0.05, 0.1) is 12.6 Å². The van der Waals surface area contributed by atoms with Crippen molar-refractivity contribution in [2.24, 2.45) is 0 Å². The molecule has 0 unspecified atom stereocenters. The van der Waals surface area contributed by atoms with Crippen LogP contribution in [0.5, 0.6) is 5.75 Å². The van der Waals surface area contributed by atoms with E-state index in [4.69, 9.17) is 4.74 Å². The number of aromatic hydroxyl groups is 1. The SMILES string of the molecule is COCCN1CN(C)n2cc(C(=O)NC(c3ccccc3)c3ccccc3)c(=O)c(O)c2C1=O. The van der Waals surface area contributed by atoms with E-state index in [-0.39, 0.29) is 17.9 Å². The average molecular weight is 463 g/mol. The van der Waals surface area contributed by atoms with Crippen molar-refractivity contribution in [3.8, 4) is 5.75 Å². The summed E-state index contributed by atoms with van der Waals surface area (Å²) in [5.41, 5.74) is 0.326. The van der Waals surface area contributed by atoms with Crippen molar-refractivity contribution in [2.45, 2.75) is 6.04 Å². The Bertz CT molecular complexity index is 1200. The number of nitrogens with zero attached hydrogens (tertiary/aromatic N) is 3. The number of fused-ring (bicyclic) bond motifs is 1. The van der Waals surface area contributed by atoms with E-state index < -0.39 is 29.0 Å². The van der Waals surface area contributed by atoms with Crippen LogP contribution in [0.1, 0.15) is 38.0 Å². The highest BCUT2D eigenvalue weighted by molar-refractivity contribution is 5.99. The molecule has 2 N–H and O–H groups in total. The zero-order valence-electron chi connectivity index (χ0n) is 19.0. The zero-order valence-corrected chi connectivity index (χ0v) is 19.0. The fraction of sp³-hybridized carbons (Fsp3) is 0.240. The van der Waals surface area contributed by atoms with Crippen LogP contribution in [0.3, 0.4) is 0 Å². The number of amides is 2. The number of rotatable bonds is 7. The summed E-state index contributed by atoms with van der Waals surface area (Å²) in [6.45, 7) is 0.812. The average Bonchev–Trinajstić information content (AvgIpc) is 2.86. The molecule has 1 aliphatic heterocycles. The molecule has 176 valence electrons. The summed E-state index contributed by atoms with van der Waals surface area (Å²) in [5, 5.41) is 15.2. The Balaban J connectivity index is 1.70. The minimum atomic E-state index is -0.904. The molecule has 0 saturated carbocycles. The summed E-state index contributed by atoms with van der Waals surface area (Å²) >= 11 is 0. The Labute approximate surface area is 196 Å². The highest BCUT2D eigenvalue weighted by Crippen LogP contribution is 2.24. The molecular weight excluding hydrogens is 436 g/mol. The number of pyridine rings is 1. The Kier molecular flexibility index (Phi) is 6.65. The maximum Gasteiger partial charge on any atom is 0.277 e. The molecule has 0 bridgehead atoms. The van der Waals surface area contributed by atoms with Crippen molar-refractivity contribution < 1.29 is 19.4 Å². The van der Waals surface area contributed by atoms with Gasteiger partial charge in [-0.1, -0.05) is 60.7 Å². The Morgan fingerprint density at radius 2 is 1.65 bits per heavy atom. The van der Waals surface area contributed by atoms with Gasteiger partial charge in [0, 0.05) is 26.9 Å². The van der Waals surface area contributed by atoms with Crippen LogP contribution in [-0.4, -0.2) is 60.5 Å². The van der Waals surface area contributed by atoms with Crippen molar-refractivity contribution in [3.63, 3.8) is 0 Å². The van der Waals surface area contributed by atoms with Crippen LogP contribution in [0.25, 0.3) is 0 Å². The van der Waals surface area contributed by atoms with E-state index in [0.29, 0.717) is 13.2 Å². The van der Waals surface area contributed by atoms with Crippen molar-refractivity contribution >= 4 is 11.8 Å². The smallest absolute Gasteiger partial charge is 0.277 e. The van der Waals surface area contributed by atoms with E-state index in [1.54, 1.807) is 12.1 Å². The zero-order chi connectivity index (χ0) is 24.2. The van der Waals surface area contributed by atoms with Crippen LogP contribution in [0.2, 0.25) is 0 Å². The minimum absolute atomic E-state index is 0.186. The third kappa shape index (κ3) is 4.38. The van der Waals surface area contributed by atoms with E-state index in [1.165, 1.54) is 22.9 Å². The van der Waals surface area contributed by atoms with Crippen LogP contribution in [-0.2, 0) is 4.74 Å². The van der Waals surface area contributed by atoms with E-state index >= 15 is 0 Å². The molecule has 0 saturated heterocycles. The van der Waals surface area contributed by atoms with Gasteiger partial charge in [-0.2, -0.15) is 0 Å². The number of ether oxygens (including phenoxy) is 1. The van der Waals surface area contributed by atoms with Gasteiger partial charge in [0.15, 0.2) is 11.4 Å². The molecule has 0 spiro atoms. The number of carbonyl (C=O) groups is 2. The first-order chi connectivity index (χ1) is 16.4. The summed E-state index contributed by atoms with van der Waals surface area (Å²) in [5.74, 6) is -1.93. The molecule has 2 aromatic carbocycles. The maximum absolute atomic E-state index is 13.3. The molecule has 2 heterocycles. The molecular formula is C25H26N4O5. The predicted molar refractivity (Wildman–Crippen MR) is 126 cm³/mol. The molecule has 1 aliphatic rings. The number of methoxy groups -OCH3 is 1. The summed E-state index contributed by atoms with van der Waals surface area (Å²) in [4.78, 5) is 40.6. The molecule has 0 radical (unpaired) electrons. The second-order valence-electron chi connectivity index (χ2n) is 8.00. The normalized spacial score (nSPS) is 13.2. The lowest BCUT2D eigenvalue weighted by Crippen LogP contribution is -2.53. The molecule has 4 rings (SSSR count). The molecule has 9 heteroatoms. The van der Waals surface area contributed by atoms with Gasteiger partial charge in [0.1, 0.15) is 12.2 Å². The second kappa shape index (κ2) is 9.80. The fourth-order valence-corrected chi connectivity index (χ4v) is 3.98. The third-order valence-corrected chi connectivity index (χ3v) is 5.75. The Hall–Kier alpha value is -4.11. The van der Waals surface area contributed by atoms with E-state index in [0.717, 1.165) is 11.1 Å². The standard InChI is InChI=1S/C25H26N4O5/c1-27-16-28(13-14-34-2)25(33)21-23(31)22(30)19(15-29(21)27)24(32)26-20(17-9-5-3-6-10-17)18-11-7-4-8-12-18/h3-12,15,20,31H,13-14,16H2,1-2H3,(H,26,32). The molecule has 3 aromatic rings. The molecule has 9 nitrogen and oxygen atoms in total. The monoisotopic (exact) mass is 462 g/mol. The largest absolute Gasteiger partial charge is 0.502 e. The van der Waals surface area contributed by atoms with Crippen LogP contribution in [0, 0.1) is 0 Å². The number of aromatic nitrogens is 1. The first-order valence-electron chi connectivity index (χ1n) is 10.8. The quantitative estimate of drug-likeness (QED) is 0.554. The summed E-state index contributed by atoms with van der Waals surface area (Å²) in [7, 11) is 3.22. The van der Waals surface area contributed by atoms with Crippen molar-refractivity contribution in [3.05, 3.63) is 99.5 Å². The highest BCUT2D eigenvalue weighted by atomic mass is 16.5. The molecule has 0 aliphatic carbocycles. The van der Waals surface area contributed by atoms with Gasteiger partial charge in [-0.3, -0.25) is 24.1 Å². The van der Waals surface area contributed by atoms with Gasteiger partial charge in [-0.15, -0.1) is 0 Å². The van der Waals surface area contributed by atoms with Gasteiger partial charge >= 0.3 is 0 Å². The lowest BCUT2D eigenvalue weighted by molar-refractivity contribution is 0.0629. The van der Waals surface area contributed by atoms with Gasteiger partial charge in [-0.05, 0) is 11.1 Å². The van der Waals surface area contributed by atoms with E-state index in [9.17, 15) is 19.5 Å². The number of nitrogens with one attached hydrogen (secondary N) is 1. The van der Waals surface area contributed by atoms with Crippen LogP contribution >= 0.6 is 0 Å². The number of benzene rings is 2. The number of hydrogen-bond donors (Lipinski definition) is 2. The highest BCUT2D eigenvalue weighted by Gasteiger charge is 2.33. The molecule has 0 fully saturated rings. The summed E-state index contributed by atoms with van der Waals surface area (Å²) in [6, 6.07) is 18.3. The number of hydrogen-bond acceptors (Lipinski definition) is 6. The fourth-order valence-electron chi connectivity index (χ4n) is 3.98. The Morgan fingerprint density at radius 1 is 1.06 bits per heavy atom. The third-order valence-electron chi connectivity index (χ3n) is 5.75. The van der Waals surface area contributed by atoms with E-state index in [1.807, 2.05) is 60.7 Å². The van der Waals surface area contributed by atoms with Gasteiger partial charge in [0.25, 0.3) is 11.8 Å². The minimum Gasteiger partial charge on any atom is -0.502 e. The lowest BCUT2D eigenvalue weighted by Gasteiger charge is -2.37. The summed E-state index contributed by atoms with van der Waals surface area (Å²) < 4.78 is 6.38. The van der Waals surface area contributed by atoms with Crippen molar-refractivity contribution in [1.82, 2.24) is 14.9 Å². The first kappa shape index (κ1) is 23.1. The first-order valence-corrected chi connectivity index (χ1v) is 10.8. The van der Waals surface area contributed by atoms with Gasteiger partial charge in [-0.25, -0.2) is 0 Å². The molecule has 2 amide bonds. The van der Waals surface area contributed by atoms with Crippen molar-refractivity contribution in [1.29, 1.82) is 0 Å². The lowest BCUT2D eigenvalue weighted by atomic mass is 9.98. The number of carbonyl (C=O) groups excluding carboxylic acids is 2. The van der Waals surface area contributed by atoms with E-state index in [2.05, 4.69) is 5.32 Å². The van der Waals surface area contributed by atoms with Crippen molar-refractivity contribution in [2.75, 3.05) is 39.0 Å². The predicted octanol–water partition coefficient (Wildman–Crippen LogP) is 1.70. The van der Waals surface area contributed by atoms with Gasteiger partial charge in [0.2, 0.25) is 5.43 Å². The molecule has 34 heavy (non-hydrogen) atoms. The maximum atomic E-state index is 13.3. The van der Waals surface area contributed by atoms with Crippen LogP contribution < -0.4 is 15.8 Å². The van der Waals surface area contributed by atoms with Crippen LogP contribution in [0.4, 0.5) is 0 Å². The topological polar surface area (TPSA) is 104 Å².